The molecule has 132 valence electrons. The molecule has 0 aliphatic carbocycles. The number of hydrogen-bond acceptors (Lipinski definition) is 4. The first-order valence-corrected chi connectivity index (χ1v) is 9.37. The van der Waals surface area contributed by atoms with E-state index in [-0.39, 0.29) is 5.82 Å². The molecule has 26 heavy (non-hydrogen) atoms. The third-order valence-electron chi connectivity index (χ3n) is 3.83. The average molecular weight is 366 g/mol. The zero-order chi connectivity index (χ0) is 18.5. The molecule has 6 heteroatoms. The molecule has 1 heterocycles. The van der Waals surface area contributed by atoms with Crippen molar-refractivity contribution in [2.45, 2.75) is 31.3 Å². The van der Waals surface area contributed by atoms with E-state index in [1.807, 2.05) is 16.7 Å². The molecule has 4 nitrogen and oxygen atoms in total. The summed E-state index contributed by atoms with van der Waals surface area (Å²) >= 11 is 1.56. The Kier molecular flexibility index (Phi) is 5.69. The number of thioether (sulfide) groups is 1. The lowest BCUT2D eigenvalue weighted by Crippen LogP contribution is -2.08. The molecule has 0 unspecified atom stereocenters. The predicted octanol–water partition coefficient (Wildman–Crippen LogP) is 4.90. The van der Waals surface area contributed by atoms with Crippen molar-refractivity contribution in [3.05, 3.63) is 65.5 Å². The van der Waals surface area contributed by atoms with Gasteiger partial charge in [0.05, 0.1) is 17.2 Å². The Morgan fingerprint density at radius 1 is 1.12 bits per heavy atom. The summed E-state index contributed by atoms with van der Waals surface area (Å²) < 4.78 is 16.2. The normalized spacial score (nSPS) is 10.9. The fourth-order valence-corrected chi connectivity index (χ4v) is 3.49. The molecule has 0 aliphatic rings. The number of aromatic nitrogens is 3. The Balaban J connectivity index is 1.87. The van der Waals surface area contributed by atoms with Crippen LogP contribution in [-0.4, -0.2) is 14.8 Å². The monoisotopic (exact) mass is 366 g/mol. The van der Waals surface area contributed by atoms with Crippen LogP contribution in [0.1, 0.15) is 25.0 Å². The summed E-state index contributed by atoms with van der Waals surface area (Å²) in [5.74, 6) is 1.35. The van der Waals surface area contributed by atoms with Crippen LogP contribution in [0.3, 0.4) is 0 Å². The van der Waals surface area contributed by atoms with Gasteiger partial charge >= 0.3 is 0 Å². The Bertz CT molecular complexity index is 926. The summed E-state index contributed by atoms with van der Waals surface area (Å²) in [4.78, 5) is 0. The first kappa shape index (κ1) is 18.2. The molecule has 0 fully saturated rings. The lowest BCUT2D eigenvalue weighted by atomic mass is 10.2. The highest BCUT2D eigenvalue weighted by Gasteiger charge is 2.17. The molecule has 0 spiro atoms. The van der Waals surface area contributed by atoms with Crippen molar-refractivity contribution in [1.82, 2.24) is 14.8 Å². The number of halogens is 1. The summed E-state index contributed by atoms with van der Waals surface area (Å²) in [7, 11) is 0. The zero-order valence-electron chi connectivity index (χ0n) is 14.7. The molecule has 0 aliphatic heterocycles. The van der Waals surface area contributed by atoms with Crippen LogP contribution < -0.4 is 0 Å². The first-order valence-electron chi connectivity index (χ1n) is 8.38. The van der Waals surface area contributed by atoms with E-state index in [1.165, 1.54) is 6.07 Å². The first-order chi connectivity index (χ1) is 12.6. The van der Waals surface area contributed by atoms with E-state index >= 15 is 0 Å². The van der Waals surface area contributed by atoms with Crippen LogP contribution in [0.2, 0.25) is 0 Å². The third-order valence-corrected chi connectivity index (χ3v) is 4.87. The predicted molar refractivity (Wildman–Crippen MR) is 101 cm³/mol. The molecule has 0 atom stereocenters. The molecule has 0 radical (unpaired) electrons. The molecule has 3 rings (SSSR count). The second kappa shape index (κ2) is 8.15. The lowest BCUT2D eigenvalue weighted by molar-refractivity contribution is 0.496. The van der Waals surface area contributed by atoms with Gasteiger partial charge in [0.25, 0.3) is 0 Å². The lowest BCUT2D eigenvalue weighted by Gasteiger charge is -2.13. The second-order valence-electron chi connectivity index (χ2n) is 6.39. The minimum absolute atomic E-state index is 0.298. The van der Waals surface area contributed by atoms with Crippen LogP contribution >= 0.6 is 11.8 Å². The van der Waals surface area contributed by atoms with Crippen molar-refractivity contribution < 1.29 is 4.39 Å². The van der Waals surface area contributed by atoms with E-state index in [1.54, 1.807) is 42.1 Å². The highest BCUT2D eigenvalue weighted by molar-refractivity contribution is 7.98. The van der Waals surface area contributed by atoms with Gasteiger partial charge in [-0.15, -0.1) is 10.2 Å². The van der Waals surface area contributed by atoms with Gasteiger partial charge in [-0.1, -0.05) is 49.9 Å². The number of nitriles is 1. The van der Waals surface area contributed by atoms with E-state index in [9.17, 15) is 4.39 Å². The molecule has 2 aromatic carbocycles. The van der Waals surface area contributed by atoms with E-state index in [2.05, 4.69) is 30.1 Å². The maximum absolute atomic E-state index is 14.2. The van der Waals surface area contributed by atoms with Crippen molar-refractivity contribution in [2.75, 3.05) is 0 Å². The van der Waals surface area contributed by atoms with Crippen LogP contribution in [0.25, 0.3) is 11.4 Å². The van der Waals surface area contributed by atoms with Crippen molar-refractivity contribution in [2.24, 2.45) is 5.92 Å². The van der Waals surface area contributed by atoms with Gasteiger partial charge in [-0.25, -0.2) is 4.39 Å². The molecule has 3 aromatic rings. The quantitative estimate of drug-likeness (QED) is 0.582. The molecule has 0 saturated heterocycles. The smallest absolute Gasteiger partial charge is 0.191 e. The molecule has 0 saturated carbocycles. The van der Waals surface area contributed by atoms with Gasteiger partial charge in [-0.05, 0) is 35.7 Å². The fraction of sp³-hybridized carbons (Fsp3) is 0.250. The summed E-state index contributed by atoms with van der Waals surface area (Å²) in [6.07, 6.45) is 0. The van der Waals surface area contributed by atoms with Gasteiger partial charge < -0.3 is 4.57 Å². The third kappa shape index (κ3) is 4.12. The maximum Gasteiger partial charge on any atom is 0.191 e. The van der Waals surface area contributed by atoms with E-state index in [0.717, 1.165) is 10.7 Å². The summed E-state index contributed by atoms with van der Waals surface area (Å²) in [5, 5.41) is 18.2. The number of benzene rings is 2. The molecular weight excluding hydrogens is 347 g/mol. The highest BCUT2D eigenvalue weighted by Crippen LogP contribution is 2.28. The summed E-state index contributed by atoms with van der Waals surface area (Å²) in [6.45, 7) is 4.94. The number of rotatable bonds is 6. The Hall–Kier alpha value is -2.65. The van der Waals surface area contributed by atoms with E-state index in [4.69, 9.17) is 5.26 Å². The molecule has 1 aromatic heterocycles. The van der Waals surface area contributed by atoms with Crippen LogP contribution in [0, 0.1) is 23.1 Å². The zero-order valence-corrected chi connectivity index (χ0v) is 15.5. The SMILES string of the molecule is CC(C)Cn1c(SCc2ccc(C#N)cc2)nnc1-c1ccccc1F. The number of hydrogen-bond donors (Lipinski definition) is 0. The fourth-order valence-electron chi connectivity index (χ4n) is 2.59. The Labute approximate surface area is 156 Å². The maximum atomic E-state index is 14.2. The largest absolute Gasteiger partial charge is 0.302 e. The molecule has 0 N–H and O–H groups in total. The van der Waals surface area contributed by atoms with Crippen LogP contribution in [-0.2, 0) is 12.3 Å². The van der Waals surface area contributed by atoms with Crippen molar-refractivity contribution in [3.8, 4) is 17.5 Å². The molecule has 0 amide bonds. The molecular formula is C20H19FN4S. The minimum Gasteiger partial charge on any atom is -0.302 e. The van der Waals surface area contributed by atoms with Gasteiger partial charge in [-0.3, -0.25) is 0 Å². The van der Waals surface area contributed by atoms with Gasteiger partial charge in [0, 0.05) is 12.3 Å². The van der Waals surface area contributed by atoms with Gasteiger partial charge in [0.2, 0.25) is 0 Å². The standard InChI is InChI=1S/C20H19FN4S/c1-14(2)12-25-19(17-5-3-4-6-18(17)21)23-24-20(25)26-13-16-9-7-15(11-22)8-10-16/h3-10,14H,12-13H2,1-2H3. The Morgan fingerprint density at radius 2 is 1.85 bits per heavy atom. The van der Waals surface area contributed by atoms with E-state index in [0.29, 0.717) is 35.2 Å². The summed E-state index contributed by atoms with van der Waals surface area (Å²) in [6, 6.07) is 16.2. The van der Waals surface area contributed by atoms with E-state index < -0.39 is 0 Å². The number of nitrogens with zero attached hydrogens (tertiary/aromatic N) is 4. The minimum atomic E-state index is -0.298. The molecule has 0 bridgehead atoms. The van der Waals surface area contributed by atoms with Crippen molar-refractivity contribution in [3.63, 3.8) is 0 Å². The van der Waals surface area contributed by atoms with Crippen molar-refractivity contribution >= 4 is 11.8 Å². The van der Waals surface area contributed by atoms with Gasteiger partial charge in [0.1, 0.15) is 5.82 Å². The van der Waals surface area contributed by atoms with Gasteiger partial charge in [-0.2, -0.15) is 5.26 Å². The van der Waals surface area contributed by atoms with Crippen LogP contribution in [0.5, 0.6) is 0 Å². The topological polar surface area (TPSA) is 54.5 Å². The summed E-state index contributed by atoms with van der Waals surface area (Å²) in [5.41, 5.74) is 2.20. The Morgan fingerprint density at radius 3 is 2.50 bits per heavy atom. The average Bonchev–Trinajstić information content (AvgIpc) is 3.02. The van der Waals surface area contributed by atoms with Crippen molar-refractivity contribution in [1.29, 1.82) is 5.26 Å². The van der Waals surface area contributed by atoms with Crippen LogP contribution in [0.4, 0.5) is 4.39 Å². The van der Waals surface area contributed by atoms with Crippen LogP contribution in [0.15, 0.2) is 53.7 Å². The second-order valence-corrected chi connectivity index (χ2v) is 7.33. The van der Waals surface area contributed by atoms with Gasteiger partial charge in [0.15, 0.2) is 11.0 Å². The highest BCUT2D eigenvalue weighted by atomic mass is 32.2.